The first-order valence-corrected chi connectivity index (χ1v) is 12.0. The van der Waals surface area contributed by atoms with E-state index in [0.717, 1.165) is 25.2 Å². The van der Waals surface area contributed by atoms with E-state index in [9.17, 15) is 14.7 Å². The van der Waals surface area contributed by atoms with Crippen LogP contribution in [0.1, 0.15) is 111 Å². The predicted octanol–water partition coefficient (Wildman–Crippen LogP) is 6.92. The lowest BCUT2D eigenvalue weighted by Crippen LogP contribution is -2.34. The van der Waals surface area contributed by atoms with Crippen LogP contribution in [0.2, 0.25) is 0 Å². The lowest BCUT2D eigenvalue weighted by atomic mass is 9.83. The van der Waals surface area contributed by atoms with Crippen LogP contribution >= 0.6 is 0 Å². The van der Waals surface area contributed by atoms with Crippen LogP contribution in [0.4, 0.5) is 0 Å². The van der Waals surface area contributed by atoms with Gasteiger partial charge in [0.1, 0.15) is 6.10 Å². The first-order chi connectivity index (χ1) is 14.0. The molecule has 0 saturated heterocycles. The molecule has 0 saturated carbocycles. The van der Waals surface area contributed by atoms with Gasteiger partial charge in [-0.25, -0.2) is 0 Å². The Hall–Kier alpha value is -1.32. The fraction of sp³-hybridized carbons (Fsp3) is 0.840. The van der Waals surface area contributed by atoms with Gasteiger partial charge in [-0.05, 0) is 38.0 Å². The van der Waals surface area contributed by atoms with Gasteiger partial charge in [0.2, 0.25) is 0 Å². The van der Waals surface area contributed by atoms with Crippen molar-refractivity contribution in [2.45, 2.75) is 117 Å². The summed E-state index contributed by atoms with van der Waals surface area (Å²) >= 11 is 0. The smallest absolute Gasteiger partial charge is 0.310 e. The summed E-state index contributed by atoms with van der Waals surface area (Å²) in [6.45, 7) is 6.63. The topological polar surface area (TPSA) is 63.6 Å². The maximum atomic E-state index is 12.5. The number of carboxylic acids is 1. The molecule has 0 bridgehead atoms. The maximum absolute atomic E-state index is 12.5. The summed E-state index contributed by atoms with van der Waals surface area (Å²) < 4.78 is 5.68. The average molecular weight is 409 g/mol. The molecule has 0 heterocycles. The zero-order chi connectivity index (χ0) is 21.5. The number of esters is 1. The molecular formula is C25H44O4. The zero-order valence-corrected chi connectivity index (χ0v) is 19.0. The number of ether oxygens (including phenoxy) is 1. The zero-order valence-electron chi connectivity index (χ0n) is 19.0. The summed E-state index contributed by atoms with van der Waals surface area (Å²) in [5, 5.41) is 9.33. The van der Waals surface area contributed by atoms with Crippen molar-refractivity contribution in [2.24, 2.45) is 17.8 Å². The summed E-state index contributed by atoms with van der Waals surface area (Å²) in [6.07, 6.45) is 19.2. The fourth-order valence-electron chi connectivity index (χ4n) is 4.11. The number of allylic oxidation sites excluding steroid dienone is 2. The fourth-order valence-corrected chi connectivity index (χ4v) is 4.11. The number of rotatable bonds is 16. The van der Waals surface area contributed by atoms with Crippen LogP contribution in [-0.4, -0.2) is 23.1 Å². The minimum absolute atomic E-state index is 0.0798. The molecule has 0 amide bonds. The SMILES string of the molecule is CCC(CCCCCCCCCCCC(C)C)OC(=O)C1CC=CCC1C(=O)O. The predicted molar refractivity (Wildman–Crippen MR) is 119 cm³/mol. The Kier molecular flexibility index (Phi) is 13.8. The Bertz CT molecular complexity index is 483. The van der Waals surface area contributed by atoms with Gasteiger partial charge in [0.05, 0.1) is 11.8 Å². The molecular weight excluding hydrogens is 364 g/mol. The molecule has 0 aliphatic heterocycles. The molecule has 0 aromatic rings. The normalized spacial score (nSPS) is 20.0. The number of carboxylic acid groups (broad SMARTS) is 1. The Labute approximate surface area is 178 Å². The molecule has 0 spiro atoms. The minimum Gasteiger partial charge on any atom is -0.481 e. The molecule has 0 aromatic heterocycles. The summed E-state index contributed by atoms with van der Waals surface area (Å²) in [7, 11) is 0. The number of carbonyl (C=O) groups is 2. The number of hydrogen-bond acceptors (Lipinski definition) is 3. The number of aliphatic carboxylic acids is 1. The highest BCUT2D eigenvalue weighted by Gasteiger charge is 2.35. The summed E-state index contributed by atoms with van der Waals surface area (Å²) in [6, 6.07) is 0. The van der Waals surface area contributed by atoms with E-state index in [1.807, 2.05) is 19.1 Å². The molecule has 4 nitrogen and oxygen atoms in total. The Morgan fingerprint density at radius 2 is 1.34 bits per heavy atom. The van der Waals surface area contributed by atoms with Gasteiger partial charge in [-0.15, -0.1) is 0 Å². The molecule has 3 atom stereocenters. The van der Waals surface area contributed by atoms with Gasteiger partial charge < -0.3 is 9.84 Å². The van der Waals surface area contributed by atoms with E-state index < -0.39 is 17.8 Å². The lowest BCUT2D eigenvalue weighted by Gasteiger charge is -2.26. The molecule has 0 aromatic carbocycles. The van der Waals surface area contributed by atoms with Crippen LogP contribution in [0.25, 0.3) is 0 Å². The van der Waals surface area contributed by atoms with Crippen molar-refractivity contribution in [1.82, 2.24) is 0 Å². The van der Waals surface area contributed by atoms with Crippen molar-refractivity contribution in [2.75, 3.05) is 0 Å². The van der Waals surface area contributed by atoms with Crippen LogP contribution in [0.5, 0.6) is 0 Å². The first-order valence-electron chi connectivity index (χ1n) is 12.0. The third kappa shape index (κ3) is 11.4. The van der Waals surface area contributed by atoms with Gasteiger partial charge in [-0.1, -0.05) is 90.7 Å². The molecule has 0 fully saturated rings. The van der Waals surface area contributed by atoms with Gasteiger partial charge in [0.15, 0.2) is 0 Å². The highest BCUT2D eigenvalue weighted by atomic mass is 16.5. The van der Waals surface area contributed by atoms with Crippen LogP contribution in [0, 0.1) is 17.8 Å². The molecule has 0 radical (unpaired) electrons. The van der Waals surface area contributed by atoms with Crippen molar-refractivity contribution in [3.63, 3.8) is 0 Å². The molecule has 3 unspecified atom stereocenters. The number of unbranched alkanes of at least 4 members (excludes halogenated alkanes) is 8. The average Bonchev–Trinajstić information content (AvgIpc) is 2.70. The van der Waals surface area contributed by atoms with E-state index in [1.165, 1.54) is 57.8 Å². The summed E-state index contributed by atoms with van der Waals surface area (Å²) in [5.41, 5.74) is 0. The van der Waals surface area contributed by atoms with Crippen molar-refractivity contribution in [1.29, 1.82) is 0 Å². The Balaban J connectivity index is 2.11. The van der Waals surface area contributed by atoms with Crippen LogP contribution in [0.15, 0.2) is 12.2 Å². The monoisotopic (exact) mass is 408 g/mol. The second-order valence-corrected chi connectivity index (χ2v) is 9.11. The van der Waals surface area contributed by atoms with Gasteiger partial charge in [-0.3, -0.25) is 9.59 Å². The van der Waals surface area contributed by atoms with Gasteiger partial charge in [0, 0.05) is 0 Å². The van der Waals surface area contributed by atoms with Crippen LogP contribution in [-0.2, 0) is 14.3 Å². The van der Waals surface area contributed by atoms with Gasteiger partial charge in [0.25, 0.3) is 0 Å². The largest absolute Gasteiger partial charge is 0.481 e. The van der Waals surface area contributed by atoms with Gasteiger partial charge >= 0.3 is 11.9 Å². The third-order valence-corrected chi connectivity index (χ3v) is 6.10. The summed E-state index contributed by atoms with van der Waals surface area (Å²) in [4.78, 5) is 23.9. The molecule has 1 N–H and O–H groups in total. The van der Waals surface area contributed by atoms with E-state index in [4.69, 9.17) is 4.74 Å². The molecule has 4 heteroatoms. The van der Waals surface area contributed by atoms with Crippen molar-refractivity contribution in [3.05, 3.63) is 12.2 Å². The first kappa shape index (κ1) is 25.7. The minimum atomic E-state index is -0.899. The Morgan fingerprint density at radius 3 is 1.83 bits per heavy atom. The number of carbonyl (C=O) groups excluding carboxylic acids is 1. The molecule has 168 valence electrons. The highest BCUT2D eigenvalue weighted by Crippen LogP contribution is 2.28. The third-order valence-electron chi connectivity index (χ3n) is 6.10. The molecule has 1 aliphatic carbocycles. The highest BCUT2D eigenvalue weighted by molar-refractivity contribution is 5.81. The second-order valence-electron chi connectivity index (χ2n) is 9.11. The van der Waals surface area contributed by atoms with E-state index in [2.05, 4.69) is 13.8 Å². The maximum Gasteiger partial charge on any atom is 0.310 e. The lowest BCUT2D eigenvalue weighted by molar-refractivity contribution is -0.162. The Morgan fingerprint density at radius 1 is 0.862 bits per heavy atom. The van der Waals surface area contributed by atoms with Crippen molar-refractivity contribution in [3.8, 4) is 0 Å². The standard InChI is InChI=1S/C25H44O4/c1-4-21(29-25(28)23-19-15-14-18-22(23)24(26)27)17-13-11-9-7-5-6-8-10-12-16-20(2)3/h14-15,20-23H,4-13,16-19H2,1-3H3,(H,26,27). The molecule has 1 aliphatic rings. The van der Waals surface area contributed by atoms with Crippen molar-refractivity contribution < 1.29 is 19.4 Å². The van der Waals surface area contributed by atoms with Gasteiger partial charge in [-0.2, -0.15) is 0 Å². The van der Waals surface area contributed by atoms with E-state index in [0.29, 0.717) is 12.8 Å². The molecule has 1 rings (SSSR count). The number of hydrogen-bond donors (Lipinski definition) is 1. The second kappa shape index (κ2) is 15.5. The van der Waals surface area contributed by atoms with Crippen LogP contribution in [0.3, 0.4) is 0 Å². The van der Waals surface area contributed by atoms with E-state index in [-0.39, 0.29) is 12.1 Å². The molecule has 29 heavy (non-hydrogen) atoms. The van der Waals surface area contributed by atoms with E-state index in [1.54, 1.807) is 0 Å². The van der Waals surface area contributed by atoms with Crippen LogP contribution < -0.4 is 0 Å². The van der Waals surface area contributed by atoms with E-state index >= 15 is 0 Å². The summed E-state index contributed by atoms with van der Waals surface area (Å²) in [5.74, 6) is -1.57. The quantitative estimate of drug-likeness (QED) is 0.171. The van der Waals surface area contributed by atoms with Crippen molar-refractivity contribution >= 4 is 11.9 Å².